The third kappa shape index (κ3) is 3.03. The van der Waals surface area contributed by atoms with Crippen molar-refractivity contribution in [2.45, 2.75) is 12.1 Å². The molecule has 0 spiro atoms. The third-order valence-electron chi connectivity index (χ3n) is 2.81. The summed E-state index contributed by atoms with van der Waals surface area (Å²) in [4.78, 5) is 0. The lowest BCUT2D eigenvalue weighted by Gasteiger charge is -2.19. The highest BCUT2D eigenvalue weighted by Crippen LogP contribution is 2.28. The van der Waals surface area contributed by atoms with E-state index >= 15 is 0 Å². The van der Waals surface area contributed by atoms with Gasteiger partial charge in [0, 0.05) is 10.0 Å². The van der Waals surface area contributed by atoms with Gasteiger partial charge in [-0.3, -0.25) is 0 Å². The van der Waals surface area contributed by atoms with E-state index in [4.69, 9.17) is 28.9 Å². The molecule has 3 N–H and O–H groups in total. The maximum atomic E-state index is 10.2. The lowest BCUT2D eigenvalue weighted by Crippen LogP contribution is -2.19. The zero-order valence-electron chi connectivity index (χ0n) is 9.55. The van der Waals surface area contributed by atoms with E-state index in [1.165, 1.54) is 0 Å². The van der Waals surface area contributed by atoms with Crippen LogP contribution in [0.15, 0.2) is 48.5 Å². The average Bonchev–Trinajstić information content (AvgIpc) is 2.39. The molecule has 2 aromatic rings. The summed E-state index contributed by atoms with van der Waals surface area (Å²) in [6.07, 6.45) is -0.775. The lowest BCUT2D eigenvalue weighted by molar-refractivity contribution is 0.147. The summed E-state index contributed by atoms with van der Waals surface area (Å²) in [6, 6.07) is 13.6. The Hall–Kier alpha value is -1.06. The van der Waals surface area contributed by atoms with Crippen LogP contribution in [0.1, 0.15) is 23.3 Å². The first-order valence-corrected chi connectivity index (χ1v) is 6.28. The molecule has 0 aliphatic carbocycles. The Morgan fingerprint density at radius 3 is 1.61 bits per heavy atom. The third-order valence-corrected chi connectivity index (χ3v) is 3.31. The van der Waals surface area contributed by atoms with E-state index in [2.05, 4.69) is 0 Å². The molecule has 94 valence electrons. The van der Waals surface area contributed by atoms with Crippen LogP contribution < -0.4 is 5.73 Å². The van der Waals surface area contributed by atoms with Crippen LogP contribution in [0.4, 0.5) is 0 Å². The van der Waals surface area contributed by atoms with Crippen LogP contribution in [0.25, 0.3) is 0 Å². The lowest BCUT2D eigenvalue weighted by atomic mass is 9.97. The van der Waals surface area contributed by atoms with Gasteiger partial charge in [-0.2, -0.15) is 0 Å². The number of halogens is 2. The molecule has 1 unspecified atom stereocenters. The summed E-state index contributed by atoms with van der Waals surface area (Å²) < 4.78 is 0. The van der Waals surface area contributed by atoms with E-state index in [1.807, 2.05) is 12.1 Å². The SMILES string of the molecule is N[C@H](c1ccc(Cl)cc1)C(O)c1ccc(Cl)cc1. The Labute approximate surface area is 116 Å². The van der Waals surface area contributed by atoms with E-state index in [0.717, 1.165) is 11.1 Å². The molecule has 0 heterocycles. The van der Waals surface area contributed by atoms with Crippen LogP contribution in [-0.4, -0.2) is 5.11 Å². The largest absolute Gasteiger partial charge is 0.386 e. The normalized spacial score (nSPS) is 14.2. The fourth-order valence-electron chi connectivity index (χ4n) is 1.73. The molecular formula is C14H13Cl2NO. The molecule has 0 aromatic heterocycles. The first-order valence-electron chi connectivity index (χ1n) is 5.52. The Morgan fingerprint density at radius 2 is 1.17 bits per heavy atom. The van der Waals surface area contributed by atoms with Gasteiger partial charge >= 0.3 is 0 Å². The van der Waals surface area contributed by atoms with E-state index in [-0.39, 0.29) is 0 Å². The zero-order chi connectivity index (χ0) is 13.1. The van der Waals surface area contributed by atoms with Crippen molar-refractivity contribution in [3.63, 3.8) is 0 Å². The molecule has 2 atom stereocenters. The minimum absolute atomic E-state index is 0.497. The summed E-state index contributed by atoms with van der Waals surface area (Å²) in [5.74, 6) is 0. The first-order chi connectivity index (χ1) is 8.58. The Bertz CT molecular complexity index is 461. The minimum atomic E-state index is -0.775. The zero-order valence-corrected chi connectivity index (χ0v) is 11.1. The van der Waals surface area contributed by atoms with E-state index < -0.39 is 12.1 Å². The van der Waals surface area contributed by atoms with Crippen LogP contribution in [0.3, 0.4) is 0 Å². The highest BCUT2D eigenvalue weighted by Gasteiger charge is 2.18. The summed E-state index contributed by atoms with van der Waals surface area (Å²) in [6.45, 7) is 0. The molecule has 0 saturated carbocycles. The summed E-state index contributed by atoms with van der Waals surface area (Å²) in [7, 11) is 0. The van der Waals surface area contributed by atoms with Gasteiger partial charge in [0.1, 0.15) is 0 Å². The summed E-state index contributed by atoms with van der Waals surface area (Å²) in [5.41, 5.74) is 7.61. The number of benzene rings is 2. The number of aliphatic hydroxyl groups excluding tert-OH is 1. The second kappa shape index (κ2) is 5.72. The summed E-state index contributed by atoms with van der Waals surface area (Å²) >= 11 is 11.6. The predicted octanol–water partition coefficient (Wildman–Crippen LogP) is 3.73. The monoisotopic (exact) mass is 281 g/mol. The molecule has 0 amide bonds. The average molecular weight is 282 g/mol. The van der Waals surface area contributed by atoms with Gasteiger partial charge in [0.25, 0.3) is 0 Å². The van der Waals surface area contributed by atoms with Crippen molar-refractivity contribution in [3.8, 4) is 0 Å². The molecule has 2 rings (SSSR count). The molecule has 0 saturated heterocycles. The van der Waals surface area contributed by atoms with Gasteiger partial charge in [0.2, 0.25) is 0 Å². The number of aliphatic hydroxyl groups is 1. The molecular weight excluding hydrogens is 269 g/mol. The second-order valence-corrected chi connectivity index (χ2v) is 4.95. The molecule has 0 bridgehead atoms. The number of rotatable bonds is 3. The smallest absolute Gasteiger partial charge is 0.0982 e. The number of hydrogen-bond donors (Lipinski definition) is 2. The highest BCUT2D eigenvalue weighted by molar-refractivity contribution is 6.30. The van der Waals surface area contributed by atoms with Gasteiger partial charge in [-0.05, 0) is 35.4 Å². The predicted molar refractivity (Wildman–Crippen MR) is 74.8 cm³/mol. The van der Waals surface area contributed by atoms with Crippen LogP contribution in [-0.2, 0) is 0 Å². The van der Waals surface area contributed by atoms with Gasteiger partial charge in [0.05, 0.1) is 12.1 Å². The minimum Gasteiger partial charge on any atom is -0.386 e. The Balaban J connectivity index is 2.20. The van der Waals surface area contributed by atoms with Crippen molar-refractivity contribution >= 4 is 23.2 Å². The second-order valence-electron chi connectivity index (χ2n) is 4.07. The van der Waals surface area contributed by atoms with Crippen molar-refractivity contribution in [2.75, 3.05) is 0 Å². The van der Waals surface area contributed by atoms with E-state index in [0.29, 0.717) is 10.0 Å². The Kier molecular flexibility index (Phi) is 4.25. The van der Waals surface area contributed by atoms with Crippen LogP contribution in [0.2, 0.25) is 10.0 Å². The van der Waals surface area contributed by atoms with Crippen molar-refractivity contribution < 1.29 is 5.11 Å². The van der Waals surface area contributed by atoms with Crippen molar-refractivity contribution in [1.82, 2.24) is 0 Å². The molecule has 2 aromatic carbocycles. The van der Waals surface area contributed by atoms with E-state index in [9.17, 15) is 5.11 Å². The van der Waals surface area contributed by atoms with Gasteiger partial charge in [-0.25, -0.2) is 0 Å². The van der Waals surface area contributed by atoms with Gasteiger partial charge < -0.3 is 10.8 Å². The topological polar surface area (TPSA) is 46.2 Å². The maximum Gasteiger partial charge on any atom is 0.0982 e. The molecule has 2 nitrogen and oxygen atoms in total. The fourth-order valence-corrected chi connectivity index (χ4v) is 1.99. The quantitative estimate of drug-likeness (QED) is 0.901. The summed E-state index contributed by atoms with van der Waals surface area (Å²) in [5, 5.41) is 11.5. The first kappa shape index (κ1) is 13.4. The number of hydrogen-bond acceptors (Lipinski definition) is 2. The van der Waals surface area contributed by atoms with E-state index in [1.54, 1.807) is 36.4 Å². The number of nitrogens with two attached hydrogens (primary N) is 1. The molecule has 0 aliphatic rings. The molecule has 0 aliphatic heterocycles. The van der Waals surface area contributed by atoms with Crippen molar-refractivity contribution in [3.05, 3.63) is 69.7 Å². The molecule has 0 radical (unpaired) electrons. The van der Waals surface area contributed by atoms with Gasteiger partial charge in [0.15, 0.2) is 0 Å². The van der Waals surface area contributed by atoms with Gasteiger partial charge in [-0.1, -0.05) is 47.5 Å². The Morgan fingerprint density at radius 1 is 0.778 bits per heavy atom. The fraction of sp³-hybridized carbons (Fsp3) is 0.143. The van der Waals surface area contributed by atoms with Crippen LogP contribution in [0, 0.1) is 0 Å². The van der Waals surface area contributed by atoms with Crippen LogP contribution >= 0.6 is 23.2 Å². The highest BCUT2D eigenvalue weighted by atomic mass is 35.5. The molecule has 18 heavy (non-hydrogen) atoms. The van der Waals surface area contributed by atoms with Crippen molar-refractivity contribution in [2.24, 2.45) is 5.73 Å². The molecule has 4 heteroatoms. The van der Waals surface area contributed by atoms with Gasteiger partial charge in [-0.15, -0.1) is 0 Å². The molecule has 0 fully saturated rings. The van der Waals surface area contributed by atoms with Crippen molar-refractivity contribution in [1.29, 1.82) is 0 Å². The standard InChI is InChI=1S/C14H13Cl2NO/c15-11-5-1-9(2-6-11)13(17)14(18)10-3-7-12(16)8-4-10/h1-8,13-14,18H,17H2/t13-,14?/m1/s1. The maximum absolute atomic E-state index is 10.2. The van der Waals surface area contributed by atoms with Crippen LogP contribution in [0.5, 0.6) is 0 Å².